The molecule has 0 aromatic carbocycles. The second-order valence-electron chi connectivity index (χ2n) is 3.85. The van der Waals surface area contributed by atoms with E-state index in [9.17, 15) is 9.59 Å². The molecule has 0 saturated heterocycles. The van der Waals surface area contributed by atoms with Crippen LogP contribution >= 0.6 is 0 Å². The Labute approximate surface area is 97.6 Å². The molecule has 0 unspecified atom stereocenters. The van der Waals surface area contributed by atoms with Crippen molar-refractivity contribution in [3.63, 3.8) is 0 Å². The summed E-state index contributed by atoms with van der Waals surface area (Å²) in [5, 5.41) is 5.49. The summed E-state index contributed by atoms with van der Waals surface area (Å²) in [6, 6.07) is -0.0798. The van der Waals surface area contributed by atoms with Crippen LogP contribution in [0, 0.1) is 5.92 Å². The fraction of sp³-hybridized carbons (Fsp3) is 0.818. The molecule has 0 bridgehead atoms. The Morgan fingerprint density at radius 3 is 2.00 bits per heavy atom. The molecule has 2 N–H and O–H groups in total. The minimum atomic E-state index is -0.0798. The van der Waals surface area contributed by atoms with E-state index < -0.39 is 0 Å². The van der Waals surface area contributed by atoms with Gasteiger partial charge in [0.05, 0.1) is 0 Å². The van der Waals surface area contributed by atoms with E-state index in [-0.39, 0.29) is 17.9 Å². The molecule has 0 heterocycles. The lowest BCUT2D eigenvalue weighted by Crippen LogP contribution is -2.43. The van der Waals surface area contributed by atoms with Crippen LogP contribution in [-0.2, 0) is 4.79 Å². The maximum absolute atomic E-state index is 11.5. The van der Waals surface area contributed by atoms with Crippen molar-refractivity contribution in [2.24, 2.45) is 5.92 Å². The molecule has 0 spiro atoms. The summed E-state index contributed by atoms with van der Waals surface area (Å²) in [4.78, 5) is 24.4. The molecule has 16 heavy (non-hydrogen) atoms. The summed E-state index contributed by atoms with van der Waals surface area (Å²) in [5.74, 6) is -0.00410. The summed E-state index contributed by atoms with van der Waals surface area (Å²) >= 11 is 0. The molecule has 0 aromatic rings. The van der Waals surface area contributed by atoms with Gasteiger partial charge in [0.25, 0.3) is 0 Å². The summed E-state index contributed by atoms with van der Waals surface area (Å²) < 4.78 is 0. The Kier molecular flexibility index (Phi) is 7.33. The Morgan fingerprint density at radius 2 is 1.56 bits per heavy atom. The number of hydrogen-bond acceptors (Lipinski definition) is 2. The van der Waals surface area contributed by atoms with Gasteiger partial charge >= 0.3 is 6.03 Å². The minimum absolute atomic E-state index is 0.0112. The van der Waals surface area contributed by atoms with Crippen molar-refractivity contribution in [2.45, 2.75) is 27.7 Å². The maximum Gasteiger partial charge on any atom is 0.317 e. The van der Waals surface area contributed by atoms with Crippen LogP contribution in [0.5, 0.6) is 0 Å². The van der Waals surface area contributed by atoms with Crippen LogP contribution in [0.3, 0.4) is 0 Å². The molecule has 0 radical (unpaired) electrons. The molecule has 0 aliphatic heterocycles. The van der Waals surface area contributed by atoms with Crippen molar-refractivity contribution >= 4 is 11.9 Å². The van der Waals surface area contributed by atoms with Gasteiger partial charge in [0.2, 0.25) is 5.91 Å². The zero-order valence-electron chi connectivity index (χ0n) is 10.7. The Bertz CT molecular complexity index is 225. The molecule has 94 valence electrons. The molecule has 0 fully saturated rings. The largest absolute Gasteiger partial charge is 0.354 e. The predicted molar refractivity (Wildman–Crippen MR) is 64.2 cm³/mol. The first-order chi connectivity index (χ1) is 7.52. The summed E-state index contributed by atoms with van der Waals surface area (Å²) in [5.41, 5.74) is 0. The summed E-state index contributed by atoms with van der Waals surface area (Å²) in [7, 11) is 0. The average molecular weight is 229 g/mol. The van der Waals surface area contributed by atoms with E-state index in [1.54, 1.807) is 4.90 Å². The number of amides is 3. The number of urea groups is 1. The first-order valence-corrected chi connectivity index (χ1v) is 5.83. The minimum Gasteiger partial charge on any atom is -0.354 e. The second-order valence-corrected chi connectivity index (χ2v) is 3.85. The molecular formula is C11H23N3O2. The van der Waals surface area contributed by atoms with Gasteiger partial charge in [-0.2, -0.15) is 0 Å². The topological polar surface area (TPSA) is 61.4 Å². The molecule has 5 heteroatoms. The first kappa shape index (κ1) is 14.7. The maximum atomic E-state index is 11.5. The van der Waals surface area contributed by atoms with E-state index >= 15 is 0 Å². The normalized spacial score (nSPS) is 10.1. The fourth-order valence-electron chi connectivity index (χ4n) is 1.18. The van der Waals surface area contributed by atoms with Crippen molar-refractivity contribution in [1.29, 1.82) is 0 Å². The van der Waals surface area contributed by atoms with Crippen LogP contribution in [0.15, 0.2) is 0 Å². The lowest BCUT2D eigenvalue weighted by atomic mass is 10.2. The third kappa shape index (κ3) is 5.58. The highest BCUT2D eigenvalue weighted by Crippen LogP contribution is 1.89. The quantitative estimate of drug-likeness (QED) is 0.662. The van der Waals surface area contributed by atoms with Crippen molar-refractivity contribution in [3.05, 3.63) is 0 Å². The van der Waals surface area contributed by atoms with E-state index in [0.717, 1.165) is 0 Å². The van der Waals surface area contributed by atoms with Gasteiger partial charge < -0.3 is 15.5 Å². The highest BCUT2D eigenvalue weighted by Gasteiger charge is 2.08. The molecule has 3 amide bonds. The van der Waals surface area contributed by atoms with E-state index in [1.807, 2.05) is 27.7 Å². The molecule has 0 aliphatic rings. The highest BCUT2D eigenvalue weighted by molar-refractivity contribution is 5.78. The van der Waals surface area contributed by atoms with Crippen LogP contribution in [0.4, 0.5) is 4.79 Å². The van der Waals surface area contributed by atoms with Crippen molar-refractivity contribution in [2.75, 3.05) is 26.2 Å². The van der Waals surface area contributed by atoms with Crippen molar-refractivity contribution in [3.8, 4) is 0 Å². The van der Waals surface area contributed by atoms with Gasteiger partial charge in [0.15, 0.2) is 0 Å². The standard InChI is InChI=1S/C11H23N3O2/c1-5-14(6-2)11(16)13-8-7-12-10(15)9(3)4/h9H,5-8H2,1-4H3,(H,12,15)(H,13,16). The van der Waals surface area contributed by atoms with E-state index in [0.29, 0.717) is 26.2 Å². The van der Waals surface area contributed by atoms with Crippen LogP contribution in [0.2, 0.25) is 0 Å². The molecule has 0 atom stereocenters. The zero-order valence-corrected chi connectivity index (χ0v) is 10.7. The van der Waals surface area contributed by atoms with Crippen molar-refractivity contribution in [1.82, 2.24) is 15.5 Å². The third-order valence-corrected chi connectivity index (χ3v) is 2.28. The smallest absolute Gasteiger partial charge is 0.317 e. The SMILES string of the molecule is CCN(CC)C(=O)NCCNC(=O)C(C)C. The van der Waals surface area contributed by atoms with Crippen LogP contribution in [0.25, 0.3) is 0 Å². The molecule has 0 aromatic heterocycles. The molecular weight excluding hydrogens is 206 g/mol. The molecule has 0 aliphatic carbocycles. The average Bonchev–Trinajstić information content (AvgIpc) is 2.25. The Balaban J connectivity index is 3.66. The van der Waals surface area contributed by atoms with Gasteiger partial charge in [-0.1, -0.05) is 13.8 Å². The third-order valence-electron chi connectivity index (χ3n) is 2.28. The Hall–Kier alpha value is -1.26. The van der Waals surface area contributed by atoms with E-state index in [1.165, 1.54) is 0 Å². The second kappa shape index (κ2) is 7.96. The lowest BCUT2D eigenvalue weighted by Gasteiger charge is -2.19. The number of rotatable bonds is 6. The molecule has 0 saturated carbocycles. The Morgan fingerprint density at radius 1 is 1.06 bits per heavy atom. The molecule has 0 rings (SSSR count). The number of hydrogen-bond donors (Lipinski definition) is 2. The van der Waals surface area contributed by atoms with Gasteiger partial charge in [0.1, 0.15) is 0 Å². The van der Waals surface area contributed by atoms with Crippen LogP contribution < -0.4 is 10.6 Å². The van der Waals surface area contributed by atoms with Gasteiger partial charge in [-0.15, -0.1) is 0 Å². The monoisotopic (exact) mass is 229 g/mol. The predicted octanol–water partition coefficient (Wildman–Crippen LogP) is 0.810. The summed E-state index contributed by atoms with van der Waals surface area (Å²) in [6.07, 6.45) is 0. The molecule has 5 nitrogen and oxygen atoms in total. The highest BCUT2D eigenvalue weighted by atomic mass is 16.2. The number of nitrogens with one attached hydrogen (secondary N) is 2. The number of carbonyl (C=O) groups excluding carboxylic acids is 2. The fourth-order valence-corrected chi connectivity index (χ4v) is 1.18. The van der Waals surface area contributed by atoms with Crippen molar-refractivity contribution < 1.29 is 9.59 Å². The summed E-state index contributed by atoms with van der Waals surface area (Å²) in [6.45, 7) is 9.88. The lowest BCUT2D eigenvalue weighted by molar-refractivity contribution is -0.123. The van der Waals surface area contributed by atoms with Gasteiger partial charge in [-0.05, 0) is 13.8 Å². The zero-order chi connectivity index (χ0) is 12.6. The van der Waals surface area contributed by atoms with Gasteiger partial charge in [-0.25, -0.2) is 4.79 Å². The van der Waals surface area contributed by atoms with Crippen LogP contribution in [-0.4, -0.2) is 43.0 Å². The first-order valence-electron chi connectivity index (χ1n) is 5.83. The van der Waals surface area contributed by atoms with E-state index in [2.05, 4.69) is 10.6 Å². The van der Waals surface area contributed by atoms with Gasteiger partial charge in [0, 0.05) is 32.1 Å². The number of nitrogens with zero attached hydrogens (tertiary/aromatic N) is 1. The van der Waals surface area contributed by atoms with Gasteiger partial charge in [-0.3, -0.25) is 4.79 Å². The van der Waals surface area contributed by atoms with E-state index in [4.69, 9.17) is 0 Å². The number of carbonyl (C=O) groups is 2. The van der Waals surface area contributed by atoms with Crippen LogP contribution in [0.1, 0.15) is 27.7 Å².